The predicted octanol–water partition coefficient (Wildman–Crippen LogP) is 1.04. The van der Waals surface area contributed by atoms with Crippen molar-refractivity contribution in [2.45, 2.75) is 4.90 Å². The lowest BCUT2D eigenvalue weighted by Gasteiger charge is -2.35. The van der Waals surface area contributed by atoms with Crippen LogP contribution in [-0.4, -0.2) is 34.4 Å². The monoisotopic (exact) mass is 266 g/mol. The maximum absolute atomic E-state index is 11.3. The molecule has 0 atom stereocenters. The van der Waals surface area contributed by atoms with Gasteiger partial charge < -0.3 is 10.1 Å². The van der Waals surface area contributed by atoms with Crippen LogP contribution >= 0.6 is 0 Å². The summed E-state index contributed by atoms with van der Waals surface area (Å²) in [5, 5.41) is 12.1. The largest absolute Gasteiger partial charge is 0.383 e. The van der Waals surface area contributed by atoms with Gasteiger partial charge in [0.1, 0.15) is 5.41 Å². The van der Waals surface area contributed by atoms with Gasteiger partial charge in [-0.25, -0.2) is 8.42 Å². The maximum Gasteiger partial charge on any atom is 0.175 e. The lowest BCUT2D eigenvalue weighted by molar-refractivity contribution is -0.0690. The fourth-order valence-electron chi connectivity index (χ4n) is 1.65. The third-order valence-corrected chi connectivity index (χ3v) is 4.04. The Balaban J connectivity index is 2.01. The van der Waals surface area contributed by atoms with Crippen LogP contribution in [0.15, 0.2) is 29.2 Å². The lowest BCUT2D eigenvalue weighted by Crippen LogP contribution is -2.46. The molecule has 5 nitrogen and oxygen atoms in total. The van der Waals surface area contributed by atoms with Crippen LogP contribution in [0.5, 0.6) is 0 Å². The first-order chi connectivity index (χ1) is 8.45. The van der Waals surface area contributed by atoms with Gasteiger partial charge in [0.05, 0.1) is 24.2 Å². The molecule has 18 heavy (non-hydrogen) atoms. The van der Waals surface area contributed by atoms with Crippen LogP contribution in [0.1, 0.15) is 0 Å². The zero-order chi connectivity index (χ0) is 13.2. The highest BCUT2D eigenvalue weighted by atomic mass is 32.2. The number of ether oxygens (including phenoxy) is 1. The second-order valence-electron chi connectivity index (χ2n) is 4.54. The van der Waals surface area contributed by atoms with E-state index in [0.717, 1.165) is 5.69 Å². The number of benzene rings is 1. The zero-order valence-electron chi connectivity index (χ0n) is 10.0. The van der Waals surface area contributed by atoms with E-state index in [0.29, 0.717) is 19.8 Å². The summed E-state index contributed by atoms with van der Waals surface area (Å²) in [7, 11) is -3.16. The minimum Gasteiger partial charge on any atom is -0.383 e. The summed E-state index contributed by atoms with van der Waals surface area (Å²) < 4.78 is 27.6. The molecule has 1 fully saturated rings. The second kappa shape index (κ2) is 4.59. The quantitative estimate of drug-likeness (QED) is 0.881. The summed E-state index contributed by atoms with van der Waals surface area (Å²) in [6.45, 7) is 1.39. The Morgan fingerprint density at radius 2 is 2.00 bits per heavy atom. The van der Waals surface area contributed by atoms with Crippen LogP contribution in [0.4, 0.5) is 5.69 Å². The Bertz CT molecular complexity index is 568. The third-order valence-electron chi connectivity index (χ3n) is 2.91. The van der Waals surface area contributed by atoms with Crippen LogP contribution in [0.3, 0.4) is 0 Å². The van der Waals surface area contributed by atoms with Gasteiger partial charge in [0.25, 0.3) is 0 Å². The molecule has 0 unspecified atom stereocenters. The molecule has 1 saturated heterocycles. The minimum atomic E-state index is -3.16. The van der Waals surface area contributed by atoms with Crippen molar-refractivity contribution in [1.29, 1.82) is 5.26 Å². The Kier molecular flexibility index (Phi) is 3.28. The van der Waals surface area contributed by atoms with Crippen LogP contribution in [0, 0.1) is 16.7 Å². The van der Waals surface area contributed by atoms with Crippen LogP contribution in [0.25, 0.3) is 0 Å². The molecule has 1 aromatic carbocycles. The van der Waals surface area contributed by atoms with Gasteiger partial charge in [-0.3, -0.25) is 0 Å². The Morgan fingerprint density at radius 3 is 2.39 bits per heavy atom. The minimum absolute atomic E-state index is 0.287. The normalized spacial score (nSPS) is 17.6. The molecule has 1 aliphatic rings. The Hall–Kier alpha value is -1.58. The van der Waals surface area contributed by atoms with Crippen molar-refractivity contribution in [2.24, 2.45) is 5.41 Å². The number of sulfone groups is 1. The smallest absolute Gasteiger partial charge is 0.175 e. The first-order valence-corrected chi connectivity index (χ1v) is 7.37. The fourth-order valence-corrected chi connectivity index (χ4v) is 2.28. The summed E-state index contributed by atoms with van der Waals surface area (Å²) in [5.41, 5.74) is 0.346. The fraction of sp³-hybridized carbons (Fsp3) is 0.417. The van der Waals surface area contributed by atoms with Crippen LogP contribution in [-0.2, 0) is 14.6 Å². The summed E-state index contributed by atoms with van der Waals surface area (Å²) in [4.78, 5) is 0.287. The molecule has 96 valence electrons. The summed E-state index contributed by atoms with van der Waals surface area (Å²) in [5.74, 6) is 0. The van der Waals surface area contributed by atoms with Gasteiger partial charge in [-0.05, 0) is 24.3 Å². The molecule has 1 aromatic rings. The van der Waals surface area contributed by atoms with E-state index >= 15 is 0 Å². The molecule has 1 aliphatic heterocycles. The first kappa shape index (κ1) is 12.9. The highest BCUT2D eigenvalue weighted by Gasteiger charge is 2.38. The van der Waals surface area contributed by atoms with E-state index < -0.39 is 15.3 Å². The van der Waals surface area contributed by atoms with E-state index in [1.54, 1.807) is 24.3 Å². The topological polar surface area (TPSA) is 79.2 Å². The number of rotatable bonds is 4. The average molecular weight is 266 g/mol. The zero-order valence-corrected chi connectivity index (χ0v) is 10.8. The molecule has 2 rings (SSSR count). The average Bonchev–Trinajstić information content (AvgIpc) is 2.28. The number of hydrogen-bond acceptors (Lipinski definition) is 5. The van der Waals surface area contributed by atoms with Crippen molar-refractivity contribution < 1.29 is 13.2 Å². The van der Waals surface area contributed by atoms with Gasteiger partial charge in [0, 0.05) is 18.5 Å². The van der Waals surface area contributed by atoms with Crippen LogP contribution in [0.2, 0.25) is 0 Å². The van der Waals surface area contributed by atoms with Gasteiger partial charge >= 0.3 is 0 Å². The number of nitriles is 1. The van der Waals surface area contributed by atoms with E-state index in [4.69, 9.17) is 10.00 Å². The standard InChI is InChI=1S/C12H14N2O3S/c1-18(15,16)11-4-2-10(3-5-11)14-7-12(6-13)8-17-9-12/h2-5,14H,7-9H2,1H3. The van der Waals surface area contributed by atoms with E-state index in [9.17, 15) is 8.42 Å². The second-order valence-corrected chi connectivity index (χ2v) is 6.55. The molecule has 1 heterocycles. The van der Waals surface area contributed by atoms with E-state index in [-0.39, 0.29) is 4.90 Å². The van der Waals surface area contributed by atoms with Crippen molar-refractivity contribution in [2.75, 3.05) is 31.3 Å². The SMILES string of the molecule is CS(=O)(=O)c1ccc(NCC2(C#N)COC2)cc1. The molecule has 0 saturated carbocycles. The molecule has 1 N–H and O–H groups in total. The molecule has 0 radical (unpaired) electrons. The Morgan fingerprint density at radius 1 is 1.39 bits per heavy atom. The van der Waals surface area contributed by atoms with E-state index in [1.165, 1.54) is 6.26 Å². The molecule has 0 bridgehead atoms. The van der Waals surface area contributed by atoms with E-state index in [2.05, 4.69) is 11.4 Å². The molecule has 0 aliphatic carbocycles. The van der Waals surface area contributed by atoms with Gasteiger partial charge in [0.2, 0.25) is 0 Å². The van der Waals surface area contributed by atoms with Gasteiger partial charge in [0.15, 0.2) is 9.84 Å². The van der Waals surface area contributed by atoms with E-state index in [1.807, 2.05) is 0 Å². The van der Waals surface area contributed by atoms with Crippen molar-refractivity contribution in [1.82, 2.24) is 0 Å². The Labute approximate surface area is 106 Å². The molecular formula is C12H14N2O3S. The predicted molar refractivity (Wildman–Crippen MR) is 66.9 cm³/mol. The molecule has 0 aromatic heterocycles. The molecule has 0 amide bonds. The molecule has 0 spiro atoms. The van der Waals surface area contributed by atoms with Crippen LogP contribution < -0.4 is 5.32 Å². The molecular weight excluding hydrogens is 252 g/mol. The first-order valence-electron chi connectivity index (χ1n) is 5.48. The lowest BCUT2D eigenvalue weighted by atomic mass is 9.88. The summed E-state index contributed by atoms with van der Waals surface area (Å²) in [6.07, 6.45) is 1.17. The maximum atomic E-state index is 11.3. The van der Waals surface area contributed by atoms with Crippen molar-refractivity contribution >= 4 is 15.5 Å². The highest BCUT2D eigenvalue weighted by Crippen LogP contribution is 2.27. The molecule has 6 heteroatoms. The van der Waals surface area contributed by atoms with Crippen molar-refractivity contribution in [3.8, 4) is 6.07 Å². The van der Waals surface area contributed by atoms with Crippen molar-refractivity contribution in [3.63, 3.8) is 0 Å². The summed E-state index contributed by atoms with van der Waals surface area (Å²) >= 11 is 0. The highest BCUT2D eigenvalue weighted by molar-refractivity contribution is 7.90. The van der Waals surface area contributed by atoms with Gasteiger partial charge in [-0.1, -0.05) is 0 Å². The number of hydrogen-bond donors (Lipinski definition) is 1. The number of anilines is 1. The number of nitrogens with zero attached hydrogens (tertiary/aromatic N) is 1. The third kappa shape index (κ3) is 2.63. The number of nitrogens with one attached hydrogen (secondary N) is 1. The van der Waals surface area contributed by atoms with Crippen molar-refractivity contribution in [3.05, 3.63) is 24.3 Å². The van der Waals surface area contributed by atoms with Gasteiger partial charge in [-0.15, -0.1) is 0 Å². The summed E-state index contributed by atoms with van der Waals surface area (Å²) in [6, 6.07) is 8.73. The van der Waals surface area contributed by atoms with Gasteiger partial charge in [-0.2, -0.15) is 5.26 Å².